The maximum atomic E-state index is 11.9. The zero-order chi connectivity index (χ0) is 14.0. The molecule has 1 aliphatic rings. The molecule has 0 bridgehead atoms. The van der Waals surface area contributed by atoms with Gasteiger partial charge in [0.2, 0.25) is 5.91 Å². The molecule has 3 atom stereocenters. The van der Waals surface area contributed by atoms with E-state index in [-0.39, 0.29) is 11.9 Å². The zero-order valence-electron chi connectivity index (χ0n) is 10.9. The van der Waals surface area contributed by atoms with Crippen LogP contribution in [0.15, 0.2) is 16.5 Å². The molecule has 2 heterocycles. The Labute approximate surface area is 110 Å². The molecule has 0 aliphatic carbocycles. The van der Waals surface area contributed by atoms with Crippen molar-refractivity contribution in [3.63, 3.8) is 0 Å². The first-order valence-corrected chi connectivity index (χ1v) is 6.22. The van der Waals surface area contributed by atoms with Crippen LogP contribution in [0.2, 0.25) is 0 Å². The second-order valence-corrected chi connectivity index (χ2v) is 4.71. The largest absolute Gasteiger partial charge is 0.479 e. The second kappa shape index (κ2) is 5.44. The van der Waals surface area contributed by atoms with Crippen LogP contribution in [0.25, 0.3) is 0 Å². The molecule has 0 saturated carbocycles. The smallest absolute Gasteiger partial charge is 0.332 e. The fourth-order valence-electron chi connectivity index (χ4n) is 2.08. The number of hydrogen-bond acceptors (Lipinski definition) is 4. The van der Waals surface area contributed by atoms with Gasteiger partial charge in [-0.15, -0.1) is 0 Å². The standard InChI is InChI=1S/C13H17NO5/c1-7-3-4-9(18-7)8(2)14-12(15)10-5-6-11(19-10)13(16)17/h3-4,8,10-11H,5-6H2,1-2H3,(H,14,15)(H,16,17). The van der Waals surface area contributed by atoms with Crippen molar-refractivity contribution >= 4 is 11.9 Å². The monoisotopic (exact) mass is 267 g/mol. The highest BCUT2D eigenvalue weighted by atomic mass is 16.5. The number of carbonyl (C=O) groups is 2. The molecule has 2 rings (SSSR count). The predicted molar refractivity (Wildman–Crippen MR) is 65.5 cm³/mol. The highest BCUT2D eigenvalue weighted by molar-refractivity contribution is 5.82. The quantitative estimate of drug-likeness (QED) is 0.860. The van der Waals surface area contributed by atoms with Crippen molar-refractivity contribution in [2.45, 2.75) is 44.9 Å². The predicted octanol–water partition coefficient (Wildman–Crippen LogP) is 1.40. The lowest BCUT2D eigenvalue weighted by Gasteiger charge is -2.15. The van der Waals surface area contributed by atoms with Gasteiger partial charge in [0.25, 0.3) is 0 Å². The molecule has 6 heteroatoms. The summed E-state index contributed by atoms with van der Waals surface area (Å²) in [6.07, 6.45) is -0.787. The van der Waals surface area contributed by atoms with Crippen molar-refractivity contribution in [2.24, 2.45) is 0 Å². The van der Waals surface area contributed by atoms with E-state index in [1.54, 1.807) is 13.0 Å². The molecule has 1 aromatic heterocycles. The van der Waals surface area contributed by atoms with Crippen molar-refractivity contribution in [1.29, 1.82) is 0 Å². The highest BCUT2D eigenvalue weighted by Gasteiger charge is 2.35. The first-order valence-electron chi connectivity index (χ1n) is 6.22. The maximum absolute atomic E-state index is 11.9. The van der Waals surface area contributed by atoms with E-state index in [4.69, 9.17) is 14.3 Å². The molecule has 6 nitrogen and oxygen atoms in total. The van der Waals surface area contributed by atoms with Gasteiger partial charge in [0.15, 0.2) is 6.10 Å². The van der Waals surface area contributed by atoms with E-state index < -0.39 is 18.2 Å². The van der Waals surface area contributed by atoms with Crippen molar-refractivity contribution in [3.05, 3.63) is 23.7 Å². The molecular formula is C13H17NO5. The van der Waals surface area contributed by atoms with Gasteiger partial charge in [0, 0.05) is 0 Å². The van der Waals surface area contributed by atoms with Gasteiger partial charge in [0.05, 0.1) is 6.04 Å². The van der Waals surface area contributed by atoms with Crippen LogP contribution in [0.1, 0.15) is 37.3 Å². The third kappa shape index (κ3) is 3.14. The number of carboxylic acids is 1. The third-order valence-electron chi connectivity index (χ3n) is 3.13. The molecule has 1 amide bonds. The number of nitrogens with one attached hydrogen (secondary N) is 1. The van der Waals surface area contributed by atoms with E-state index in [1.807, 2.05) is 13.0 Å². The second-order valence-electron chi connectivity index (χ2n) is 4.71. The molecule has 19 heavy (non-hydrogen) atoms. The molecule has 1 aliphatic heterocycles. The topological polar surface area (TPSA) is 88.8 Å². The van der Waals surface area contributed by atoms with Gasteiger partial charge in [-0.25, -0.2) is 4.79 Å². The van der Waals surface area contributed by atoms with E-state index >= 15 is 0 Å². The molecular weight excluding hydrogens is 250 g/mol. The molecule has 0 aromatic carbocycles. The Morgan fingerprint density at radius 3 is 2.58 bits per heavy atom. The number of ether oxygens (including phenoxy) is 1. The molecule has 1 fully saturated rings. The highest BCUT2D eigenvalue weighted by Crippen LogP contribution is 2.22. The normalized spacial score (nSPS) is 24.1. The number of rotatable bonds is 4. The Kier molecular flexibility index (Phi) is 3.90. The first-order chi connectivity index (χ1) is 8.97. The zero-order valence-corrected chi connectivity index (χ0v) is 10.9. The molecule has 1 saturated heterocycles. The minimum atomic E-state index is -1.02. The number of aliphatic carboxylic acids is 1. The van der Waals surface area contributed by atoms with Crippen LogP contribution in [-0.4, -0.2) is 29.2 Å². The fourth-order valence-corrected chi connectivity index (χ4v) is 2.08. The third-order valence-corrected chi connectivity index (χ3v) is 3.13. The number of hydrogen-bond donors (Lipinski definition) is 2. The van der Waals surface area contributed by atoms with Crippen molar-refractivity contribution in [3.8, 4) is 0 Å². The summed E-state index contributed by atoms with van der Waals surface area (Å²) in [7, 11) is 0. The minimum Gasteiger partial charge on any atom is -0.479 e. The summed E-state index contributed by atoms with van der Waals surface area (Å²) in [5, 5.41) is 11.6. The van der Waals surface area contributed by atoms with E-state index in [9.17, 15) is 9.59 Å². The summed E-state index contributed by atoms with van der Waals surface area (Å²) < 4.78 is 10.6. The Hall–Kier alpha value is -1.82. The van der Waals surface area contributed by atoms with E-state index in [2.05, 4.69) is 5.32 Å². The summed E-state index contributed by atoms with van der Waals surface area (Å²) in [5.41, 5.74) is 0. The lowest BCUT2D eigenvalue weighted by atomic mass is 10.1. The van der Waals surface area contributed by atoms with Crippen LogP contribution >= 0.6 is 0 Å². The molecule has 1 aromatic rings. The summed E-state index contributed by atoms with van der Waals surface area (Å²) in [4.78, 5) is 22.7. The Morgan fingerprint density at radius 1 is 1.37 bits per heavy atom. The van der Waals surface area contributed by atoms with Crippen molar-refractivity contribution < 1.29 is 23.8 Å². The van der Waals surface area contributed by atoms with Crippen LogP contribution in [0.4, 0.5) is 0 Å². The van der Waals surface area contributed by atoms with Gasteiger partial charge in [-0.05, 0) is 38.8 Å². The SMILES string of the molecule is Cc1ccc(C(C)NC(=O)C2CCC(C(=O)O)O2)o1. The fraction of sp³-hybridized carbons (Fsp3) is 0.538. The summed E-state index contributed by atoms with van der Waals surface area (Å²) in [5.74, 6) is 0.119. The van der Waals surface area contributed by atoms with Crippen molar-refractivity contribution in [2.75, 3.05) is 0 Å². The first kappa shape index (κ1) is 13.6. The number of furan rings is 1. The van der Waals surface area contributed by atoms with Gasteiger partial charge in [-0.3, -0.25) is 4.79 Å². The van der Waals surface area contributed by atoms with Gasteiger partial charge in [-0.1, -0.05) is 0 Å². The van der Waals surface area contributed by atoms with Gasteiger partial charge in [0.1, 0.15) is 17.6 Å². The van der Waals surface area contributed by atoms with E-state index in [0.29, 0.717) is 18.6 Å². The van der Waals surface area contributed by atoms with Gasteiger partial charge < -0.3 is 19.6 Å². The average Bonchev–Trinajstić information content (AvgIpc) is 2.96. The number of amides is 1. The van der Waals surface area contributed by atoms with E-state index in [0.717, 1.165) is 5.76 Å². The molecule has 0 radical (unpaired) electrons. The lowest BCUT2D eigenvalue weighted by molar-refractivity contribution is -0.151. The van der Waals surface area contributed by atoms with Crippen LogP contribution in [0.5, 0.6) is 0 Å². The Morgan fingerprint density at radius 2 is 2.05 bits per heavy atom. The van der Waals surface area contributed by atoms with Crippen molar-refractivity contribution in [1.82, 2.24) is 5.32 Å². The molecule has 0 spiro atoms. The summed E-state index contributed by atoms with van der Waals surface area (Å²) in [6, 6.07) is 3.36. The van der Waals surface area contributed by atoms with Crippen LogP contribution in [-0.2, 0) is 14.3 Å². The summed E-state index contributed by atoms with van der Waals surface area (Å²) in [6.45, 7) is 3.63. The molecule has 3 unspecified atom stereocenters. The minimum absolute atomic E-state index is 0.270. The van der Waals surface area contributed by atoms with Crippen LogP contribution in [0.3, 0.4) is 0 Å². The average molecular weight is 267 g/mol. The lowest BCUT2D eigenvalue weighted by Crippen LogP contribution is -2.36. The maximum Gasteiger partial charge on any atom is 0.332 e. The number of carbonyl (C=O) groups excluding carboxylic acids is 1. The van der Waals surface area contributed by atoms with Crippen LogP contribution in [0, 0.1) is 6.92 Å². The Balaban J connectivity index is 1.89. The number of aryl methyl sites for hydroxylation is 1. The van der Waals surface area contributed by atoms with Crippen LogP contribution < -0.4 is 5.32 Å². The Bertz CT molecular complexity index is 481. The number of carboxylic acid groups (broad SMARTS) is 1. The molecule has 2 N–H and O–H groups in total. The van der Waals surface area contributed by atoms with Gasteiger partial charge >= 0.3 is 5.97 Å². The molecule has 104 valence electrons. The van der Waals surface area contributed by atoms with E-state index in [1.165, 1.54) is 0 Å². The van der Waals surface area contributed by atoms with Gasteiger partial charge in [-0.2, -0.15) is 0 Å². The summed E-state index contributed by atoms with van der Waals surface area (Å²) >= 11 is 0.